The van der Waals surface area contributed by atoms with E-state index in [1.165, 1.54) is 25.7 Å². The van der Waals surface area contributed by atoms with Gasteiger partial charge in [0.25, 0.3) is 0 Å². The maximum Gasteiger partial charge on any atom is -0.0357 e. The largest absolute Gasteiger partial charge is 0.0625 e. The molecule has 0 aliphatic heterocycles. The van der Waals surface area contributed by atoms with E-state index in [1.54, 1.807) is 64.2 Å². The van der Waals surface area contributed by atoms with E-state index < -0.39 is 0 Å². The molecule has 0 heteroatoms. The van der Waals surface area contributed by atoms with Crippen LogP contribution in [-0.4, -0.2) is 0 Å². The quantitative estimate of drug-likeness (QED) is 0.454. The van der Waals surface area contributed by atoms with Gasteiger partial charge < -0.3 is 0 Å². The summed E-state index contributed by atoms with van der Waals surface area (Å²) in [5, 5.41) is 0. The van der Waals surface area contributed by atoms with E-state index in [-0.39, 0.29) is 0 Å². The lowest BCUT2D eigenvalue weighted by molar-refractivity contribution is 0.0118. The van der Waals surface area contributed by atoms with Gasteiger partial charge in [-0.3, -0.25) is 0 Å². The van der Waals surface area contributed by atoms with Crippen LogP contribution in [0, 0.1) is 59.2 Å². The van der Waals surface area contributed by atoms with Gasteiger partial charge in [0.05, 0.1) is 0 Å². The monoisotopic (exact) mass is 386 g/mol. The predicted molar refractivity (Wildman–Crippen MR) is 122 cm³/mol. The minimum Gasteiger partial charge on any atom is -0.0625 e. The van der Waals surface area contributed by atoms with Crippen LogP contribution in [0.2, 0.25) is 0 Å². The van der Waals surface area contributed by atoms with E-state index in [2.05, 4.69) is 27.7 Å². The zero-order valence-corrected chi connectivity index (χ0v) is 19.7. The summed E-state index contributed by atoms with van der Waals surface area (Å²) in [6, 6.07) is 0. The van der Waals surface area contributed by atoms with Gasteiger partial charge in [-0.05, 0) is 123 Å². The fraction of sp³-hybridized carbons (Fsp3) is 1.00. The molecule has 0 bridgehead atoms. The van der Waals surface area contributed by atoms with Crippen molar-refractivity contribution in [1.29, 1.82) is 0 Å². The van der Waals surface area contributed by atoms with Crippen LogP contribution in [0.1, 0.15) is 118 Å². The van der Waals surface area contributed by atoms with Gasteiger partial charge in [-0.15, -0.1) is 0 Å². The first-order chi connectivity index (χ1) is 13.5. The van der Waals surface area contributed by atoms with Gasteiger partial charge in [0.2, 0.25) is 0 Å². The first kappa shape index (κ1) is 21.2. The van der Waals surface area contributed by atoms with Crippen LogP contribution in [0.4, 0.5) is 0 Å². The van der Waals surface area contributed by atoms with Gasteiger partial charge in [0, 0.05) is 0 Å². The zero-order valence-electron chi connectivity index (χ0n) is 19.7. The predicted octanol–water partition coefficient (Wildman–Crippen LogP) is 8.74. The Morgan fingerprint density at radius 1 is 0.321 bits per heavy atom. The van der Waals surface area contributed by atoms with Crippen molar-refractivity contribution in [1.82, 2.24) is 0 Å². The molecule has 4 fully saturated rings. The van der Waals surface area contributed by atoms with Gasteiger partial charge >= 0.3 is 0 Å². The lowest BCUT2D eigenvalue weighted by atomic mass is 9.57. The summed E-state index contributed by atoms with van der Waals surface area (Å²) in [6.07, 6.45) is 21.7. The highest BCUT2D eigenvalue weighted by atomic mass is 14.5. The molecule has 4 aliphatic rings. The van der Waals surface area contributed by atoms with Gasteiger partial charge in [-0.25, -0.2) is 0 Å². The molecule has 0 heterocycles. The van der Waals surface area contributed by atoms with Crippen LogP contribution in [0.25, 0.3) is 0 Å². The Balaban J connectivity index is 1.27. The lowest BCUT2D eigenvalue weighted by Crippen LogP contribution is -2.40. The Kier molecular flexibility index (Phi) is 7.15. The molecule has 0 aromatic carbocycles. The van der Waals surface area contributed by atoms with Crippen molar-refractivity contribution in [2.75, 3.05) is 0 Å². The minimum absolute atomic E-state index is 0.981. The molecule has 4 atom stereocenters. The van der Waals surface area contributed by atoms with Crippen molar-refractivity contribution in [2.24, 2.45) is 59.2 Å². The fourth-order valence-electron chi connectivity index (χ4n) is 8.54. The maximum absolute atomic E-state index is 2.65. The second kappa shape index (κ2) is 9.43. The molecule has 0 N–H and O–H groups in total. The second-order valence-corrected chi connectivity index (χ2v) is 12.3. The standard InChI is InChI=1S/C28H50/c1-19-5-9-23(10-6-19)24-13-15-26(16-14-24)28-18-17-27(21(3)22(28)4)25-11-7-20(2)8-12-25/h19-28H,5-18H2,1-4H3. The molecule has 0 radical (unpaired) electrons. The van der Waals surface area contributed by atoms with Crippen molar-refractivity contribution in [2.45, 2.75) is 118 Å². The van der Waals surface area contributed by atoms with E-state index >= 15 is 0 Å². The molecular formula is C28H50. The Morgan fingerprint density at radius 3 is 1.00 bits per heavy atom. The molecule has 0 aromatic heterocycles. The zero-order chi connectivity index (χ0) is 19.7. The Labute approximate surface area is 177 Å². The Morgan fingerprint density at radius 2 is 0.607 bits per heavy atom. The highest BCUT2D eigenvalue weighted by Crippen LogP contribution is 2.52. The Bertz CT molecular complexity index is 456. The van der Waals surface area contributed by atoms with Crippen LogP contribution >= 0.6 is 0 Å². The first-order valence-corrected chi connectivity index (χ1v) is 13.5. The third kappa shape index (κ3) is 4.67. The third-order valence-electron chi connectivity index (χ3n) is 10.8. The molecule has 162 valence electrons. The van der Waals surface area contributed by atoms with Crippen LogP contribution in [0.3, 0.4) is 0 Å². The molecule has 4 aliphatic carbocycles. The first-order valence-electron chi connectivity index (χ1n) is 13.5. The molecule has 0 spiro atoms. The highest BCUT2D eigenvalue weighted by Gasteiger charge is 2.42. The molecule has 0 nitrogen and oxygen atoms in total. The number of hydrogen-bond donors (Lipinski definition) is 0. The van der Waals surface area contributed by atoms with Gasteiger partial charge in [-0.1, -0.05) is 53.4 Å². The van der Waals surface area contributed by atoms with E-state index in [4.69, 9.17) is 0 Å². The summed E-state index contributed by atoms with van der Waals surface area (Å²) in [4.78, 5) is 0. The molecule has 0 saturated heterocycles. The Hall–Kier alpha value is 0. The van der Waals surface area contributed by atoms with Gasteiger partial charge in [0.1, 0.15) is 0 Å². The molecular weight excluding hydrogens is 336 g/mol. The molecule has 4 unspecified atom stereocenters. The van der Waals surface area contributed by atoms with Crippen molar-refractivity contribution in [3.05, 3.63) is 0 Å². The molecule has 4 saturated carbocycles. The summed E-state index contributed by atoms with van der Waals surface area (Å²) >= 11 is 0. The number of hydrogen-bond acceptors (Lipinski definition) is 0. The summed E-state index contributed by atoms with van der Waals surface area (Å²) in [5.74, 6) is 10.4. The molecule has 0 aromatic rings. The summed E-state index contributed by atoms with van der Waals surface area (Å²) in [5.41, 5.74) is 0. The summed E-state index contributed by atoms with van der Waals surface area (Å²) in [6.45, 7) is 10.2. The van der Waals surface area contributed by atoms with Gasteiger partial charge in [-0.2, -0.15) is 0 Å². The van der Waals surface area contributed by atoms with E-state index in [0.717, 1.165) is 59.2 Å². The summed E-state index contributed by atoms with van der Waals surface area (Å²) < 4.78 is 0. The van der Waals surface area contributed by atoms with Crippen molar-refractivity contribution in [3.63, 3.8) is 0 Å². The lowest BCUT2D eigenvalue weighted by Gasteiger charge is -2.49. The third-order valence-corrected chi connectivity index (χ3v) is 10.8. The van der Waals surface area contributed by atoms with E-state index in [0.29, 0.717) is 0 Å². The average Bonchev–Trinajstić information content (AvgIpc) is 2.72. The van der Waals surface area contributed by atoms with Crippen LogP contribution < -0.4 is 0 Å². The topological polar surface area (TPSA) is 0 Å². The van der Waals surface area contributed by atoms with E-state index in [9.17, 15) is 0 Å². The van der Waals surface area contributed by atoms with Crippen LogP contribution in [0.5, 0.6) is 0 Å². The van der Waals surface area contributed by atoms with Gasteiger partial charge in [0.15, 0.2) is 0 Å². The summed E-state index contributed by atoms with van der Waals surface area (Å²) in [7, 11) is 0. The molecule has 0 amide bonds. The van der Waals surface area contributed by atoms with Crippen LogP contribution in [0.15, 0.2) is 0 Å². The molecule has 28 heavy (non-hydrogen) atoms. The van der Waals surface area contributed by atoms with E-state index in [1.807, 2.05) is 0 Å². The molecule has 4 rings (SSSR count). The SMILES string of the molecule is CC1CCC(C2CCC(C3CCC(C4CCC(C)CC4)C(C)C3C)CC2)CC1. The fourth-order valence-corrected chi connectivity index (χ4v) is 8.54. The highest BCUT2D eigenvalue weighted by molar-refractivity contribution is 4.92. The smallest absolute Gasteiger partial charge is 0.0357 e. The van der Waals surface area contributed by atoms with Crippen molar-refractivity contribution >= 4 is 0 Å². The van der Waals surface area contributed by atoms with Crippen molar-refractivity contribution in [3.8, 4) is 0 Å². The normalized spacial score (nSPS) is 51.0. The van der Waals surface area contributed by atoms with Crippen molar-refractivity contribution < 1.29 is 0 Å². The average molecular weight is 387 g/mol. The maximum atomic E-state index is 2.65. The minimum atomic E-state index is 0.981. The number of rotatable bonds is 3. The van der Waals surface area contributed by atoms with Crippen LogP contribution in [-0.2, 0) is 0 Å². The second-order valence-electron chi connectivity index (χ2n) is 12.3.